The Labute approximate surface area is 97.3 Å². The molecule has 0 saturated carbocycles. The van der Waals surface area contributed by atoms with Gasteiger partial charge in [0.05, 0.1) is 18.0 Å². The largest absolute Gasteiger partial charge is 0.392 e. The molecule has 1 aliphatic rings. The van der Waals surface area contributed by atoms with Gasteiger partial charge in [0.1, 0.15) is 0 Å². The van der Waals surface area contributed by atoms with Gasteiger partial charge < -0.3 is 5.11 Å². The Balaban J connectivity index is 2.48. The smallest absolute Gasteiger partial charge is 0.244 e. The molecule has 0 aromatic heterocycles. The molecule has 84 valence electrons. The normalized spacial score (nSPS) is 14.9. The molecule has 2 amide bonds. The summed E-state index contributed by atoms with van der Waals surface area (Å²) in [5.41, 5.74) is 1.40. The topological polar surface area (TPSA) is 57.6 Å². The van der Waals surface area contributed by atoms with Gasteiger partial charge in [-0.05, 0) is 17.7 Å². The first kappa shape index (κ1) is 11.2. The lowest BCUT2D eigenvalue weighted by atomic mass is 10.2. The lowest BCUT2D eigenvalue weighted by Gasteiger charge is -2.26. The van der Waals surface area contributed by atoms with Gasteiger partial charge >= 0.3 is 0 Å². The van der Waals surface area contributed by atoms with Crippen LogP contribution in [0.5, 0.6) is 0 Å². The van der Waals surface area contributed by atoms with Crippen molar-refractivity contribution in [1.29, 1.82) is 0 Å². The van der Waals surface area contributed by atoms with Crippen molar-refractivity contribution in [3.63, 3.8) is 0 Å². The highest BCUT2D eigenvalue weighted by atomic mass is 32.2. The van der Waals surface area contributed by atoms with Crippen LogP contribution < -0.4 is 4.90 Å². The molecule has 5 heteroatoms. The van der Waals surface area contributed by atoms with Crippen molar-refractivity contribution in [2.45, 2.75) is 18.4 Å². The minimum Gasteiger partial charge on any atom is -0.392 e. The number of benzene rings is 1. The van der Waals surface area contributed by atoms with E-state index in [2.05, 4.69) is 0 Å². The molecule has 1 aromatic carbocycles. The van der Waals surface area contributed by atoms with Crippen LogP contribution >= 0.6 is 11.8 Å². The van der Waals surface area contributed by atoms with Gasteiger partial charge in [0.25, 0.3) is 0 Å². The van der Waals surface area contributed by atoms with Crippen molar-refractivity contribution in [2.75, 3.05) is 10.7 Å². The first-order valence-electron chi connectivity index (χ1n) is 4.83. The zero-order valence-electron chi connectivity index (χ0n) is 8.77. The summed E-state index contributed by atoms with van der Waals surface area (Å²) in [6.45, 7) is 1.33. The fraction of sp³-hybridized carbons (Fsp3) is 0.273. The summed E-state index contributed by atoms with van der Waals surface area (Å²) in [5.74, 6) is -0.202. The van der Waals surface area contributed by atoms with E-state index in [1.165, 1.54) is 23.6 Å². The number of aliphatic hydroxyl groups is 1. The Kier molecular flexibility index (Phi) is 2.98. The number of nitrogens with zero attached hydrogens (tertiary/aromatic N) is 1. The highest BCUT2D eigenvalue weighted by Crippen LogP contribution is 2.35. The van der Waals surface area contributed by atoms with Crippen LogP contribution in [-0.4, -0.2) is 22.7 Å². The molecule has 0 fully saturated rings. The number of imide groups is 1. The van der Waals surface area contributed by atoms with Crippen molar-refractivity contribution in [1.82, 2.24) is 0 Å². The average molecular weight is 237 g/mol. The second kappa shape index (κ2) is 4.27. The van der Waals surface area contributed by atoms with E-state index in [1.54, 1.807) is 12.1 Å². The number of amides is 2. The third-order valence-corrected chi connectivity index (χ3v) is 3.39. The van der Waals surface area contributed by atoms with E-state index in [4.69, 9.17) is 5.11 Å². The van der Waals surface area contributed by atoms with Gasteiger partial charge in [-0.15, -0.1) is 11.8 Å². The molecule has 2 rings (SSSR count). The zero-order valence-corrected chi connectivity index (χ0v) is 9.58. The molecule has 1 aromatic rings. The summed E-state index contributed by atoms with van der Waals surface area (Å²) >= 11 is 1.39. The van der Waals surface area contributed by atoms with Crippen LogP contribution in [0.1, 0.15) is 12.5 Å². The molecule has 16 heavy (non-hydrogen) atoms. The fourth-order valence-electron chi connectivity index (χ4n) is 1.64. The van der Waals surface area contributed by atoms with Gasteiger partial charge in [0.2, 0.25) is 11.8 Å². The van der Waals surface area contributed by atoms with Gasteiger partial charge in [0.15, 0.2) is 0 Å². The molecule has 4 nitrogen and oxygen atoms in total. The minimum atomic E-state index is -0.275. The lowest BCUT2D eigenvalue weighted by molar-refractivity contribution is -0.124. The number of carbonyl (C=O) groups is 2. The second-order valence-corrected chi connectivity index (χ2v) is 4.51. The van der Waals surface area contributed by atoms with E-state index < -0.39 is 0 Å². The van der Waals surface area contributed by atoms with Crippen molar-refractivity contribution < 1.29 is 14.7 Å². The monoisotopic (exact) mass is 237 g/mol. The Morgan fingerprint density at radius 1 is 1.56 bits per heavy atom. The number of hydrogen-bond acceptors (Lipinski definition) is 4. The summed E-state index contributed by atoms with van der Waals surface area (Å²) in [4.78, 5) is 25.0. The summed E-state index contributed by atoms with van der Waals surface area (Å²) in [7, 11) is 0. The number of aliphatic hydroxyl groups excluding tert-OH is 1. The number of anilines is 1. The molecule has 0 unspecified atom stereocenters. The van der Waals surface area contributed by atoms with Crippen LogP contribution in [-0.2, 0) is 16.2 Å². The molecule has 0 saturated heterocycles. The number of carbonyl (C=O) groups excluding carboxylic acids is 2. The standard InChI is InChI=1S/C11H11NO3S/c1-7(14)12-9-3-2-8(5-13)4-10(9)16-6-11(12)15/h2-4,13H,5-6H2,1H3. The lowest BCUT2D eigenvalue weighted by Crippen LogP contribution is -2.39. The Bertz CT molecular complexity index is 459. The first-order chi connectivity index (χ1) is 7.63. The van der Waals surface area contributed by atoms with Crippen LogP contribution in [0.4, 0.5) is 5.69 Å². The van der Waals surface area contributed by atoms with Crippen molar-refractivity contribution in [3.05, 3.63) is 23.8 Å². The van der Waals surface area contributed by atoms with E-state index in [-0.39, 0.29) is 24.2 Å². The molecule has 1 heterocycles. The highest BCUT2D eigenvalue weighted by Gasteiger charge is 2.27. The molecular formula is C11H11NO3S. The second-order valence-electron chi connectivity index (χ2n) is 3.50. The predicted octanol–water partition coefficient (Wildman–Crippen LogP) is 1.16. The van der Waals surface area contributed by atoms with Crippen LogP contribution in [0, 0.1) is 0 Å². The summed E-state index contributed by atoms with van der Waals surface area (Å²) in [6.07, 6.45) is 0. The van der Waals surface area contributed by atoms with Gasteiger partial charge in [-0.1, -0.05) is 6.07 Å². The number of hydrogen-bond donors (Lipinski definition) is 1. The molecular weight excluding hydrogens is 226 g/mol. The highest BCUT2D eigenvalue weighted by molar-refractivity contribution is 8.00. The maximum atomic E-state index is 11.6. The third-order valence-electron chi connectivity index (χ3n) is 2.36. The quantitative estimate of drug-likeness (QED) is 0.796. The molecule has 0 aliphatic carbocycles. The summed E-state index contributed by atoms with van der Waals surface area (Å²) < 4.78 is 0. The number of rotatable bonds is 1. The van der Waals surface area contributed by atoms with Crippen LogP contribution in [0.15, 0.2) is 23.1 Å². The predicted molar refractivity (Wildman–Crippen MR) is 61.3 cm³/mol. The Morgan fingerprint density at radius 3 is 2.94 bits per heavy atom. The minimum absolute atomic E-state index is 0.0398. The number of fused-ring (bicyclic) bond motifs is 1. The van der Waals surface area contributed by atoms with E-state index in [0.717, 1.165) is 10.5 Å². The molecule has 1 aliphatic heterocycles. The molecule has 0 spiro atoms. The molecule has 0 bridgehead atoms. The maximum absolute atomic E-state index is 11.6. The van der Waals surface area contributed by atoms with Crippen LogP contribution in [0.2, 0.25) is 0 Å². The molecule has 0 radical (unpaired) electrons. The molecule has 1 N–H and O–H groups in total. The fourth-order valence-corrected chi connectivity index (χ4v) is 2.59. The Hall–Kier alpha value is -1.33. The van der Waals surface area contributed by atoms with Gasteiger partial charge in [-0.2, -0.15) is 0 Å². The van der Waals surface area contributed by atoms with E-state index in [0.29, 0.717) is 5.69 Å². The van der Waals surface area contributed by atoms with Gasteiger partial charge in [-0.3, -0.25) is 9.59 Å². The Morgan fingerprint density at radius 2 is 2.31 bits per heavy atom. The molecule has 0 atom stereocenters. The van der Waals surface area contributed by atoms with E-state index in [9.17, 15) is 9.59 Å². The summed E-state index contributed by atoms with van der Waals surface area (Å²) in [5, 5.41) is 9.01. The van der Waals surface area contributed by atoms with E-state index >= 15 is 0 Å². The summed E-state index contributed by atoms with van der Waals surface area (Å²) in [6, 6.07) is 5.22. The van der Waals surface area contributed by atoms with Crippen molar-refractivity contribution in [2.24, 2.45) is 0 Å². The average Bonchev–Trinajstić information content (AvgIpc) is 2.27. The van der Waals surface area contributed by atoms with Crippen molar-refractivity contribution >= 4 is 29.3 Å². The third kappa shape index (κ3) is 1.83. The van der Waals surface area contributed by atoms with E-state index in [1.807, 2.05) is 6.07 Å². The van der Waals surface area contributed by atoms with Crippen molar-refractivity contribution in [3.8, 4) is 0 Å². The van der Waals surface area contributed by atoms with Crippen LogP contribution in [0.3, 0.4) is 0 Å². The van der Waals surface area contributed by atoms with Crippen LogP contribution in [0.25, 0.3) is 0 Å². The van der Waals surface area contributed by atoms with Gasteiger partial charge in [-0.25, -0.2) is 4.90 Å². The SMILES string of the molecule is CC(=O)N1C(=O)CSc2cc(CO)ccc21. The first-order valence-corrected chi connectivity index (χ1v) is 5.82. The maximum Gasteiger partial charge on any atom is 0.244 e. The zero-order chi connectivity index (χ0) is 11.7. The number of thioether (sulfide) groups is 1. The van der Waals surface area contributed by atoms with Gasteiger partial charge in [0, 0.05) is 11.8 Å².